The van der Waals surface area contributed by atoms with Gasteiger partial charge in [-0.2, -0.15) is 0 Å². The van der Waals surface area contributed by atoms with E-state index in [0.29, 0.717) is 5.95 Å². The number of thiol groups is 1. The zero-order chi connectivity index (χ0) is 18.2. The van der Waals surface area contributed by atoms with Gasteiger partial charge < -0.3 is 4.72 Å². The van der Waals surface area contributed by atoms with E-state index < -0.39 is 0 Å². The molecule has 0 saturated carbocycles. The Labute approximate surface area is 162 Å². The van der Waals surface area contributed by atoms with Gasteiger partial charge in [0.05, 0.1) is 16.7 Å². The van der Waals surface area contributed by atoms with Crippen LogP contribution in [0.25, 0.3) is 39.0 Å². The molecular formula is C22H16N4S. The van der Waals surface area contributed by atoms with Gasteiger partial charge >= 0.3 is 0 Å². The average molecular weight is 368 g/mol. The van der Waals surface area contributed by atoms with E-state index >= 15 is 0 Å². The summed E-state index contributed by atoms with van der Waals surface area (Å²) in [5.74, 6) is 0.661. The predicted molar refractivity (Wildman–Crippen MR) is 114 cm³/mol. The molecule has 130 valence electrons. The molecular weight excluding hydrogens is 352 g/mol. The van der Waals surface area contributed by atoms with E-state index in [-0.39, 0.29) is 0 Å². The van der Waals surface area contributed by atoms with Gasteiger partial charge in [0, 0.05) is 28.2 Å². The van der Waals surface area contributed by atoms with E-state index in [1.165, 1.54) is 10.8 Å². The molecule has 5 rings (SSSR count). The van der Waals surface area contributed by atoms with E-state index in [0.717, 1.165) is 28.0 Å². The Morgan fingerprint density at radius 1 is 0.778 bits per heavy atom. The van der Waals surface area contributed by atoms with Crippen LogP contribution in [-0.2, 0) is 0 Å². The molecule has 5 heteroatoms. The van der Waals surface area contributed by atoms with Crippen molar-refractivity contribution in [3.05, 3.63) is 85.1 Å². The molecule has 0 atom stereocenters. The highest BCUT2D eigenvalue weighted by molar-refractivity contribution is 7.81. The Morgan fingerprint density at radius 3 is 2.19 bits per heavy atom. The number of fused-ring (bicyclic) bond motifs is 3. The summed E-state index contributed by atoms with van der Waals surface area (Å²) in [5.41, 5.74) is 5.00. The summed E-state index contributed by atoms with van der Waals surface area (Å²) in [6.45, 7) is 0. The summed E-state index contributed by atoms with van der Waals surface area (Å²) in [5, 5.41) is 2.40. The van der Waals surface area contributed by atoms with Crippen LogP contribution in [-0.4, -0.2) is 14.5 Å². The first-order chi connectivity index (χ1) is 13.3. The molecule has 0 spiro atoms. The lowest BCUT2D eigenvalue weighted by atomic mass is 10.1. The number of aromatic nitrogens is 3. The Balaban J connectivity index is 1.76. The van der Waals surface area contributed by atoms with Crippen molar-refractivity contribution in [1.82, 2.24) is 14.5 Å². The number of benzene rings is 3. The first-order valence-corrected chi connectivity index (χ1v) is 9.12. The highest BCUT2D eigenvalue weighted by Gasteiger charge is 2.13. The fourth-order valence-electron chi connectivity index (χ4n) is 3.50. The van der Waals surface area contributed by atoms with Crippen LogP contribution in [0.2, 0.25) is 0 Å². The van der Waals surface area contributed by atoms with Crippen molar-refractivity contribution in [3.8, 4) is 17.2 Å². The molecule has 2 aromatic heterocycles. The van der Waals surface area contributed by atoms with Crippen LogP contribution in [0.5, 0.6) is 0 Å². The summed E-state index contributed by atoms with van der Waals surface area (Å²) < 4.78 is 4.99. The molecule has 0 saturated heterocycles. The second-order valence-electron chi connectivity index (χ2n) is 6.30. The van der Waals surface area contributed by atoms with E-state index in [2.05, 4.69) is 63.5 Å². The van der Waals surface area contributed by atoms with Crippen molar-refractivity contribution in [2.45, 2.75) is 0 Å². The average Bonchev–Trinajstić information content (AvgIpc) is 3.08. The van der Waals surface area contributed by atoms with E-state index in [4.69, 9.17) is 4.98 Å². The van der Waals surface area contributed by atoms with Crippen LogP contribution in [0.4, 0.5) is 5.69 Å². The first-order valence-electron chi connectivity index (χ1n) is 8.67. The Bertz CT molecular complexity index is 1220. The summed E-state index contributed by atoms with van der Waals surface area (Å²) in [6, 6.07) is 26.6. The third kappa shape index (κ3) is 2.64. The van der Waals surface area contributed by atoms with Crippen molar-refractivity contribution in [2.24, 2.45) is 0 Å². The van der Waals surface area contributed by atoms with Gasteiger partial charge in [0.1, 0.15) is 0 Å². The van der Waals surface area contributed by atoms with Gasteiger partial charge in [-0.15, -0.1) is 0 Å². The molecule has 0 aliphatic rings. The molecule has 0 amide bonds. The van der Waals surface area contributed by atoms with E-state index in [1.807, 2.05) is 48.7 Å². The zero-order valence-corrected chi connectivity index (χ0v) is 15.3. The van der Waals surface area contributed by atoms with E-state index in [1.54, 1.807) is 0 Å². The minimum Gasteiger partial charge on any atom is -0.332 e. The van der Waals surface area contributed by atoms with Crippen LogP contribution in [0, 0.1) is 0 Å². The van der Waals surface area contributed by atoms with Gasteiger partial charge in [-0.3, -0.25) is 4.57 Å². The molecule has 27 heavy (non-hydrogen) atoms. The number of nitrogens with zero attached hydrogens (tertiary/aromatic N) is 3. The quantitative estimate of drug-likeness (QED) is 0.413. The van der Waals surface area contributed by atoms with Gasteiger partial charge in [0.25, 0.3) is 0 Å². The number of nitrogens with one attached hydrogen (secondary N) is 1. The number of para-hydroxylation sites is 2. The topological polar surface area (TPSA) is 42.7 Å². The van der Waals surface area contributed by atoms with Crippen LogP contribution in [0.3, 0.4) is 0 Å². The minimum atomic E-state index is 0.661. The van der Waals surface area contributed by atoms with Gasteiger partial charge in [-0.1, -0.05) is 61.3 Å². The molecule has 5 aromatic rings. The smallest absolute Gasteiger partial charge is 0.235 e. The second kappa shape index (κ2) is 6.45. The maximum Gasteiger partial charge on any atom is 0.235 e. The van der Waals surface area contributed by atoms with Crippen molar-refractivity contribution in [1.29, 1.82) is 0 Å². The normalized spacial score (nSPS) is 11.1. The summed E-state index contributed by atoms with van der Waals surface area (Å²) in [7, 11) is 0. The van der Waals surface area contributed by atoms with Crippen molar-refractivity contribution in [3.63, 3.8) is 0 Å². The lowest BCUT2D eigenvalue weighted by Crippen LogP contribution is -2.01. The van der Waals surface area contributed by atoms with Crippen LogP contribution in [0.15, 0.2) is 85.1 Å². The molecule has 0 unspecified atom stereocenters. The molecule has 3 aromatic carbocycles. The van der Waals surface area contributed by atoms with Crippen molar-refractivity contribution in [2.75, 3.05) is 4.72 Å². The Hall–Kier alpha value is -3.31. The molecule has 0 aliphatic heterocycles. The molecule has 0 fully saturated rings. The van der Waals surface area contributed by atoms with Crippen LogP contribution < -0.4 is 4.72 Å². The molecule has 4 nitrogen and oxygen atoms in total. The molecule has 0 radical (unpaired) electrons. The highest BCUT2D eigenvalue weighted by Crippen LogP contribution is 2.31. The Morgan fingerprint density at radius 2 is 1.48 bits per heavy atom. The highest BCUT2D eigenvalue weighted by atomic mass is 32.1. The standard InChI is InChI=1S/C22H16N4S/c27-25-16-7-5-6-15(14-16)19-12-13-23-22(24-19)26-20-10-3-1-8-17(20)18-9-2-4-11-21(18)26/h1-14,25,27H. The van der Waals surface area contributed by atoms with Gasteiger partial charge in [-0.05, 0) is 30.3 Å². The van der Waals surface area contributed by atoms with E-state index in [9.17, 15) is 0 Å². The maximum atomic E-state index is 4.86. The molecule has 2 heterocycles. The maximum absolute atomic E-state index is 4.86. The monoisotopic (exact) mass is 368 g/mol. The van der Waals surface area contributed by atoms with Crippen LogP contribution >= 0.6 is 12.8 Å². The lowest BCUT2D eigenvalue weighted by Gasteiger charge is -2.08. The number of anilines is 1. The Kier molecular flexibility index (Phi) is 3.80. The third-order valence-electron chi connectivity index (χ3n) is 4.71. The second-order valence-corrected chi connectivity index (χ2v) is 6.53. The summed E-state index contributed by atoms with van der Waals surface area (Å²) in [6.07, 6.45) is 1.81. The van der Waals surface area contributed by atoms with Gasteiger partial charge in [-0.25, -0.2) is 9.97 Å². The van der Waals surface area contributed by atoms with Crippen LogP contribution in [0.1, 0.15) is 0 Å². The van der Waals surface area contributed by atoms with Crippen molar-refractivity contribution < 1.29 is 0 Å². The molecule has 0 aliphatic carbocycles. The molecule has 0 bridgehead atoms. The minimum absolute atomic E-state index is 0.661. The fraction of sp³-hybridized carbons (Fsp3) is 0. The lowest BCUT2D eigenvalue weighted by molar-refractivity contribution is 0.992. The third-order valence-corrected chi connectivity index (χ3v) is 4.97. The first kappa shape index (κ1) is 15.9. The SMILES string of the molecule is SNc1cccc(-c2ccnc(-n3c4ccccc4c4ccccc43)n2)c1. The fourth-order valence-corrected chi connectivity index (χ4v) is 3.64. The summed E-state index contributed by atoms with van der Waals surface area (Å²) >= 11 is 4.13. The largest absolute Gasteiger partial charge is 0.332 e. The number of hydrogen-bond acceptors (Lipinski definition) is 4. The number of rotatable bonds is 3. The zero-order valence-electron chi connectivity index (χ0n) is 14.4. The van der Waals surface area contributed by atoms with Gasteiger partial charge in [0.15, 0.2) is 0 Å². The number of hydrogen-bond donors (Lipinski definition) is 2. The molecule has 1 N–H and O–H groups in total. The summed E-state index contributed by atoms with van der Waals surface area (Å²) in [4.78, 5) is 9.43. The van der Waals surface area contributed by atoms with Crippen molar-refractivity contribution >= 4 is 40.3 Å². The van der Waals surface area contributed by atoms with Gasteiger partial charge in [0.2, 0.25) is 5.95 Å². The predicted octanol–water partition coefficient (Wildman–Crippen LogP) is 5.50.